The number of anilines is 1. The Morgan fingerprint density at radius 1 is 1.19 bits per heavy atom. The van der Waals surface area contributed by atoms with Crippen molar-refractivity contribution in [2.75, 3.05) is 31.1 Å². The monoisotopic (exact) mass is 369 g/mol. The number of pyridine rings is 1. The first-order valence-corrected chi connectivity index (χ1v) is 9.57. The highest BCUT2D eigenvalue weighted by molar-refractivity contribution is 5.93. The smallest absolute Gasteiger partial charge is 0.272 e. The second-order valence-corrected chi connectivity index (χ2v) is 7.25. The maximum absolute atomic E-state index is 13.0. The number of aromatic amines is 1. The van der Waals surface area contributed by atoms with Gasteiger partial charge >= 0.3 is 0 Å². The van der Waals surface area contributed by atoms with Crippen molar-refractivity contribution in [3.05, 3.63) is 51.8 Å². The fraction of sp³-hybridized carbons (Fsp3) is 0.500. The fourth-order valence-corrected chi connectivity index (χ4v) is 3.32. The Hall–Kier alpha value is -2.70. The van der Waals surface area contributed by atoms with E-state index in [4.69, 9.17) is 0 Å². The van der Waals surface area contributed by atoms with Gasteiger partial charge in [-0.05, 0) is 30.9 Å². The SMILES string of the molecule is CCc1nc(CC(C)C)c(=O)[nH]c1C(=O)N1CCN(c2ccccn2)CC1. The maximum Gasteiger partial charge on any atom is 0.272 e. The van der Waals surface area contributed by atoms with Crippen LogP contribution in [0.4, 0.5) is 5.82 Å². The van der Waals surface area contributed by atoms with Gasteiger partial charge in [-0.1, -0.05) is 26.8 Å². The van der Waals surface area contributed by atoms with Gasteiger partial charge in [-0.2, -0.15) is 0 Å². The van der Waals surface area contributed by atoms with Crippen LogP contribution >= 0.6 is 0 Å². The average Bonchev–Trinajstić information content (AvgIpc) is 2.69. The number of amides is 1. The van der Waals surface area contributed by atoms with Crippen molar-refractivity contribution in [3.8, 4) is 0 Å². The molecular weight excluding hydrogens is 342 g/mol. The summed E-state index contributed by atoms with van der Waals surface area (Å²) < 4.78 is 0. The molecule has 3 heterocycles. The molecule has 27 heavy (non-hydrogen) atoms. The highest BCUT2D eigenvalue weighted by atomic mass is 16.2. The number of H-pyrrole nitrogens is 1. The summed E-state index contributed by atoms with van der Waals surface area (Å²) in [5.41, 5.74) is 1.26. The van der Waals surface area contributed by atoms with Gasteiger partial charge in [-0.25, -0.2) is 9.97 Å². The molecule has 1 fully saturated rings. The minimum absolute atomic E-state index is 0.145. The quantitative estimate of drug-likeness (QED) is 0.870. The summed E-state index contributed by atoms with van der Waals surface area (Å²) in [5, 5.41) is 0. The van der Waals surface area contributed by atoms with Gasteiger partial charge in [0.2, 0.25) is 0 Å². The molecular formula is C20H27N5O2. The fourth-order valence-electron chi connectivity index (χ4n) is 3.32. The molecule has 7 nitrogen and oxygen atoms in total. The third kappa shape index (κ3) is 4.35. The van der Waals surface area contributed by atoms with Crippen LogP contribution in [0.3, 0.4) is 0 Å². The van der Waals surface area contributed by atoms with Gasteiger partial charge < -0.3 is 14.8 Å². The largest absolute Gasteiger partial charge is 0.353 e. The van der Waals surface area contributed by atoms with Crippen LogP contribution in [0.2, 0.25) is 0 Å². The van der Waals surface area contributed by atoms with Crippen molar-refractivity contribution >= 4 is 11.7 Å². The number of piperazine rings is 1. The van der Waals surface area contributed by atoms with Gasteiger partial charge in [0.1, 0.15) is 17.2 Å². The summed E-state index contributed by atoms with van der Waals surface area (Å²) >= 11 is 0. The third-order valence-corrected chi connectivity index (χ3v) is 4.75. The number of aromatic nitrogens is 3. The lowest BCUT2D eigenvalue weighted by molar-refractivity contribution is 0.0738. The lowest BCUT2D eigenvalue weighted by atomic mass is 10.1. The number of nitrogens with zero attached hydrogens (tertiary/aromatic N) is 4. The molecule has 0 bridgehead atoms. The number of carbonyl (C=O) groups excluding carboxylic acids is 1. The first kappa shape index (κ1) is 19.1. The minimum Gasteiger partial charge on any atom is -0.353 e. The molecule has 2 aromatic heterocycles. The van der Waals surface area contributed by atoms with Crippen LogP contribution in [0.25, 0.3) is 0 Å². The van der Waals surface area contributed by atoms with E-state index in [1.807, 2.05) is 39.0 Å². The molecule has 1 N–H and O–H groups in total. The van der Waals surface area contributed by atoms with Crippen molar-refractivity contribution in [2.45, 2.75) is 33.6 Å². The first-order valence-electron chi connectivity index (χ1n) is 9.57. The van der Waals surface area contributed by atoms with Crippen LogP contribution in [0, 0.1) is 5.92 Å². The summed E-state index contributed by atoms with van der Waals surface area (Å²) in [6, 6.07) is 5.83. The lowest BCUT2D eigenvalue weighted by Gasteiger charge is -2.35. The van der Waals surface area contributed by atoms with E-state index < -0.39 is 0 Å². The van der Waals surface area contributed by atoms with Crippen LogP contribution in [-0.2, 0) is 12.8 Å². The topological polar surface area (TPSA) is 82.2 Å². The maximum atomic E-state index is 13.0. The Balaban J connectivity index is 1.74. The second-order valence-electron chi connectivity index (χ2n) is 7.25. The van der Waals surface area contributed by atoms with Crippen molar-refractivity contribution in [2.24, 2.45) is 5.92 Å². The van der Waals surface area contributed by atoms with Crippen LogP contribution in [0.1, 0.15) is 42.6 Å². The zero-order valence-corrected chi connectivity index (χ0v) is 16.2. The Morgan fingerprint density at radius 2 is 1.93 bits per heavy atom. The van der Waals surface area contributed by atoms with Gasteiger partial charge in [-0.3, -0.25) is 9.59 Å². The summed E-state index contributed by atoms with van der Waals surface area (Å²) in [5.74, 6) is 1.12. The highest BCUT2D eigenvalue weighted by Gasteiger charge is 2.26. The number of carbonyl (C=O) groups is 1. The number of nitrogens with one attached hydrogen (secondary N) is 1. The number of hydrogen-bond acceptors (Lipinski definition) is 5. The van der Waals surface area contributed by atoms with E-state index in [1.165, 1.54) is 0 Å². The van der Waals surface area contributed by atoms with E-state index in [0.717, 1.165) is 5.82 Å². The normalized spacial score (nSPS) is 14.7. The van der Waals surface area contributed by atoms with Gasteiger partial charge in [0, 0.05) is 32.4 Å². The Kier molecular flexibility index (Phi) is 5.88. The molecule has 0 atom stereocenters. The first-order chi connectivity index (χ1) is 13.0. The molecule has 7 heteroatoms. The average molecular weight is 369 g/mol. The lowest BCUT2D eigenvalue weighted by Crippen LogP contribution is -2.49. The van der Waals surface area contributed by atoms with E-state index in [2.05, 4.69) is 19.9 Å². The predicted molar refractivity (Wildman–Crippen MR) is 105 cm³/mol. The molecule has 0 unspecified atom stereocenters. The number of aryl methyl sites for hydroxylation is 1. The van der Waals surface area contributed by atoms with E-state index in [9.17, 15) is 9.59 Å². The van der Waals surface area contributed by atoms with Crippen molar-refractivity contribution in [1.29, 1.82) is 0 Å². The molecule has 0 radical (unpaired) electrons. The zero-order chi connectivity index (χ0) is 19.4. The standard InChI is InChI=1S/C20H27N5O2/c1-4-15-18(23-19(26)16(22-15)13-14(2)3)20(27)25-11-9-24(10-12-25)17-7-5-6-8-21-17/h5-8,14H,4,9-13H2,1-3H3,(H,23,26). The van der Waals surface area contributed by atoms with Crippen molar-refractivity contribution in [3.63, 3.8) is 0 Å². The molecule has 3 rings (SSSR count). The van der Waals surface area contributed by atoms with Crippen LogP contribution < -0.4 is 10.5 Å². The van der Waals surface area contributed by atoms with Gasteiger partial charge in [0.15, 0.2) is 0 Å². The summed E-state index contributed by atoms with van der Waals surface area (Å²) in [7, 11) is 0. The number of rotatable bonds is 5. The van der Waals surface area contributed by atoms with Crippen LogP contribution in [0.15, 0.2) is 29.2 Å². The Morgan fingerprint density at radius 3 is 2.52 bits per heavy atom. The van der Waals surface area contributed by atoms with Gasteiger partial charge in [0.05, 0.1) is 5.69 Å². The molecule has 1 saturated heterocycles. The second kappa shape index (κ2) is 8.33. The number of hydrogen-bond donors (Lipinski definition) is 1. The van der Waals surface area contributed by atoms with Crippen molar-refractivity contribution in [1.82, 2.24) is 19.9 Å². The molecule has 2 aromatic rings. The molecule has 0 saturated carbocycles. The van der Waals surface area contributed by atoms with Crippen LogP contribution in [0.5, 0.6) is 0 Å². The molecule has 0 aliphatic carbocycles. The summed E-state index contributed by atoms with van der Waals surface area (Å²) in [4.78, 5) is 41.0. The minimum atomic E-state index is -0.253. The molecule has 0 aromatic carbocycles. The highest BCUT2D eigenvalue weighted by Crippen LogP contribution is 2.15. The molecule has 1 aliphatic heterocycles. The zero-order valence-electron chi connectivity index (χ0n) is 16.2. The Labute approximate surface area is 159 Å². The van der Waals surface area contributed by atoms with Gasteiger partial charge in [-0.15, -0.1) is 0 Å². The summed E-state index contributed by atoms with van der Waals surface area (Å²) in [6.07, 6.45) is 2.99. The molecule has 1 aliphatic rings. The van der Waals surface area contributed by atoms with Gasteiger partial charge in [0.25, 0.3) is 11.5 Å². The molecule has 0 spiro atoms. The summed E-state index contributed by atoms with van der Waals surface area (Å²) in [6.45, 7) is 8.67. The van der Waals surface area contributed by atoms with Crippen molar-refractivity contribution < 1.29 is 4.79 Å². The van der Waals surface area contributed by atoms with E-state index in [-0.39, 0.29) is 11.5 Å². The van der Waals surface area contributed by atoms with E-state index in [0.29, 0.717) is 62.0 Å². The molecule has 1 amide bonds. The Bertz CT molecular complexity index is 839. The molecule has 144 valence electrons. The van der Waals surface area contributed by atoms with Crippen LogP contribution in [-0.4, -0.2) is 51.9 Å². The third-order valence-electron chi connectivity index (χ3n) is 4.75. The van der Waals surface area contributed by atoms with E-state index in [1.54, 1.807) is 11.1 Å². The van der Waals surface area contributed by atoms with E-state index >= 15 is 0 Å². The predicted octanol–water partition coefficient (Wildman–Crippen LogP) is 1.89.